The van der Waals surface area contributed by atoms with E-state index in [4.69, 9.17) is 0 Å². The van der Waals surface area contributed by atoms with Gasteiger partial charge in [0.15, 0.2) is 0 Å². The highest BCUT2D eigenvalue weighted by molar-refractivity contribution is 5.32. The van der Waals surface area contributed by atoms with Gasteiger partial charge in [-0.25, -0.2) is 4.39 Å². The van der Waals surface area contributed by atoms with E-state index in [0.717, 1.165) is 29.7 Å². The first kappa shape index (κ1) is 12.2. The van der Waals surface area contributed by atoms with Crippen molar-refractivity contribution < 1.29 is 4.39 Å². The molecule has 0 radical (unpaired) electrons. The predicted octanol–water partition coefficient (Wildman–Crippen LogP) is 2.84. The van der Waals surface area contributed by atoms with E-state index < -0.39 is 0 Å². The number of benzene rings is 1. The molecule has 1 nitrogen and oxygen atoms in total. The van der Waals surface area contributed by atoms with Crippen LogP contribution in [0.1, 0.15) is 23.6 Å². The van der Waals surface area contributed by atoms with Gasteiger partial charge in [0.2, 0.25) is 0 Å². The Morgan fingerprint density at radius 2 is 2.00 bits per heavy atom. The first-order valence-electron chi connectivity index (χ1n) is 5.44. The third-order valence-electron chi connectivity index (χ3n) is 2.67. The van der Waals surface area contributed by atoms with Gasteiger partial charge in [0.25, 0.3) is 0 Å². The number of rotatable bonds is 4. The van der Waals surface area contributed by atoms with E-state index in [-0.39, 0.29) is 5.82 Å². The van der Waals surface area contributed by atoms with Gasteiger partial charge in [-0.05, 0) is 62.5 Å². The zero-order chi connectivity index (χ0) is 11.4. The summed E-state index contributed by atoms with van der Waals surface area (Å²) in [4.78, 5) is 0. The largest absolute Gasteiger partial charge is 0.319 e. The van der Waals surface area contributed by atoms with Crippen LogP contribution in [0.15, 0.2) is 12.1 Å². The summed E-state index contributed by atoms with van der Waals surface area (Å²) in [7, 11) is 1.93. The fraction of sp³-hybridized carbons (Fsp3) is 0.538. The van der Waals surface area contributed by atoms with Gasteiger partial charge in [-0.15, -0.1) is 0 Å². The molecule has 1 aromatic carbocycles. The van der Waals surface area contributed by atoms with Gasteiger partial charge in [0.05, 0.1) is 0 Å². The Kier molecular flexibility index (Phi) is 4.28. The van der Waals surface area contributed by atoms with E-state index >= 15 is 0 Å². The van der Waals surface area contributed by atoms with E-state index in [1.165, 1.54) is 0 Å². The average Bonchev–Trinajstić information content (AvgIpc) is 2.11. The van der Waals surface area contributed by atoms with Crippen molar-refractivity contribution in [2.75, 3.05) is 13.6 Å². The molecular formula is C13H20FN. The third-order valence-corrected chi connectivity index (χ3v) is 2.67. The van der Waals surface area contributed by atoms with Crippen LogP contribution in [0.2, 0.25) is 0 Å². The molecule has 0 fully saturated rings. The lowest BCUT2D eigenvalue weighted by molar-refractivity contribution is 0.518. The Morgan fingerprint density at radius 1 is 1.33 bits per heavy atom. The van der Waals surface area contributed by atoms with E-state index in [1.807, 2.05) is 27.0 Å². The highest BCUT2D eigenvalue weighted by atomic mass is 19.1. The van der Waals surface area contributed by atoms with Gasteiger partial charge in [0.1, 0.15) is 5.82 Å². The predicted molar refractivity (Wildman–Crippen MR) is 62.7 cm³/mol. The second-order valence-electron chi connectivity index (χ2n) is 4.41. The van der Waals surface area contributed by atoms with E-state index in [0.29, 0.717) is 5.92 Å². The zero-order valence-corrected chi connectivity index (χ0v) is 10.0. The maximum atomic E-state index is 13.7. The van der Waals surface area contributed by atoms with Gasteiger partial charge in [-0.2, -0.15) is 0 Å². The molecule has 1 rings (SSSR count). The molecule has 0 spiro atoms. The fourth-order valence-electron chi connectivity index (χ4n) is 1.97. The van der Waals surface area contributed by atoms with Crippen LogP contribution in [0.3, 0.4) is 0 Å². The highest BCUT2D eigenvalue weighted by Crippen LogP contribution is 2.19. The summed E-state index contributed by atoms with van der Waals surface area (Å²) >= 11 is 0. The maximum absolute atomic E-state index is 13.7. The lowest BCUT2D eigenvalue weighted by Crippen LogP contribution is -2.18. The smallest absolute Gasteiger partial charge is 0.126 e. The second-order valence-corrected chi connectivity index (χ2v) is 4.41. The molecule has 0 amide bonds. The topological polar surface area (TPSA) is 12.0 Å². The molecular weight excluding hydrogens is 189 g/mol. The quantitative estimate of drug-likeness (QED) is 0.804. The van der Waals surface area contributed by atoms with Gasteiger partial charge >= 0.3 is 0 Å². The van der Waals surface area contributed by atoms with Crippen LogP contribution in [0.25, 0.3) is 0 Å². The summed E-state index contributed by atoms with van der Waals surface area (Å²) in [5.41, 5.74) is 2.92. The Morgan fingerprint density at radius 3 is 2.53 bits per heavy atom. The molecule has 0 aliphatic rings. The molecule has 1 unspecified atom stereocenters. The summed E-state index contributed by atoms with van der Waals surface area (Å²) in [6.07, 6.45) is 0.804. The van der Waals surface area contributed by atoms with Crippen LogP contribution in [-0.4, -0.2) is 13.6 Å². The summed E-state index contributed by atoms with van der Waals surface area (Å²) in [5, 5.41) is 3.12. The molecule has 1 N–H and O–H groups in total. The van der Waals surface area contributed by atoms with Crippen molar-refractivity contribution in [2.45, 2.75) is 27.2 Å². The summed E-state index contributed by atoms with van der Waals surface area (Å²) < 4.78 is 13.7. The summed E-state index contributed by atoms with van der Waals surface area (Å²) in [5.74, 6) is 0.404. The molecule has 15 heavy (non-hydrogen) atoms. The first-order chi connectivity index (χ1) is 7.04. The van der Waals surface area contributed by atoms with Gasteiger partial charge < -0.3 is 5.32 Å². The molecule has 0 saturated carbocycles. The molecule has 0 bridgehead atoms. The van der Waals surface area contributed by atoms with Crippen LogP contribution < -0.4 is 5.32 Å². The van der Waals surface area contributed by atoms with Crippen LogP contribution in [-0.2, 0) is 6.42 Å². The minimum Gasteiger partial charge on any atom is -0.319 e. The lowest BCUT2D eigenvalue weighted by atomic mass is 9.95. The number of halogens is 1. The van der Waals surface area contributed by atoms with Crippen molar-refractivity contribution in [2.24, 2.45) is 5.92 Å². The minimum absolute atomic E-state index is 0.0598. The van der Waals surface area contributed by atoms with E-state index in [9.17, 15) is 4.39 Å². The Labute approximate surface area is 91.7 Å². The SMILES string of the molecule is CNCC(C)Cc1c(C)cc(C)cc1F. The van der Waals surface area contributed by atoms with Crippen molar-refractivity contribution in [3.05, 3.63) is 34.6 Å². The Balaban J connectivity index is 2.85. The van der Waals surface area contributed by atoms with Crippen LogP contribution >= 0.6 is 0 Å². The first-order valence-corrected chi connectivity index (χ1v) is 5.44. The number of hydrogen-bond donors (Lipinski definition) is 1. The fourth-order valence-corrected chi connectivity index (χ4v) is 1.97. The van der Waals surface area contributed by atoms with Crippen LogP contribution in [0.4, 0.5) is 4.39 Å². The van der Waals surface area contributed by atoms with Crippen molar-refractivity contribution in [3.63, 3.8) is 0 Å². The molecule has 1 aromatic rings. The van der Waals surface area contributed by atoms with Crippen molar-refractivity contribution in [1.29, 1.82) is 0 Å². The zero-order valence-electron chi connectivity index (χ0n) is 10.0. The number of aryl methyl sites for hydroxylation is 2. The summed E-state index contributed by atoms with van der Waals surface area (Å²) in [6.45, 7) is 6.97. The number of nitrogens with one attached hydrogen (secondary N) is 1. The second kappa shape index (κ2) is 5.26. The Bertz CT molecular complexity index is 310. The molecule has 2 heteroatoms. The molecule has 0 aliphatic carbocycles. The van der Waals surface area contributed by atoms with Gasteiger partial charge in [-0.1, -0.05) is 13.0 Å². The van der Waals surface area contributed by atoms with E-state index in [1.54, 1.807) is 6.07 Å². The Hall–Kier alpha value is -0.890. The van der Waals surface area contributed by atoms with Gasteiger partial charge in [-0.3, -0.25) is 0 Å². The maximum Gasteiger partial charge on any atom is 0.126 e. The van der Waals surface area contributed by atoms with Crippen LogP contribution in [0, 0.1) is 25.6 Å². The molecule has 84 valence electrons. The molecule has 0 aromatic heterocycles. The molecule has 1 atom stereocenters. The molecule has 0 aliphatic heterocycles. The van der Waals surface area contributed by atoms with Gasteiger partial charge in [0, 0.05) is 0 Å². The van der Waals surface area contributed by atoms with Crippen molar-refractivity contribution in [3.8, 4) is 0 Å². The lowest BCUT2D eigenvalue weighted by Gasteiger charge is -2.14. The van der Waals surface area contributed by atoms with Crippen molar-refractivity contribution >= 4 is 0 Å². The molecule has 0 heterocycles. The third kappa shape index (κ3) is 3.31. The monoisotopic (exact) mass is 209 g/mol. The normalized spacial score (nSPS) is 12.9. The van der Waals surface area contributed by atoms with E-state index in [2.05, 4.69) is 12.2 Å². The average molecular weight is 209 g/mol. The van der Waals surface area contributed by atoms with Crippen LogP contribution in [0.5, 0.6) is 0 Å². The standard InChI is InChI=1S/C13H20FN/c1-9-5-11(3)12(13(14)7-9)6-10(2)8-15-4/h5,7,10,15H,6,8H2,1-4H3. The minimum atomic E-state index is -0.0598. The number of hydrogen-bond acceptors (Lipinski definition) is 1. The van der Waals surface area contributed by atoms with Crippen molar-refractivity contribution in [1.82, 2.24) is 5.32 Å². The summed E-state index contributed by atoms with van der Waals surface area (Å²) in [6, 6.07) is 3.67. The highest BCUT2D eigenvalue weighted by Gasteiger charge is 2.10. The molecule has 0 saturated heterocycles.